The SMILES string of the molecule is CC(C)N(C)CCNC1CCCC(C)(C)C1. The van der Waals surface area contributed by atoms with Crippen molar-refractivity contribution in [3.63, 3.8) is 0 Å². The van der Waals surface area contributed by atoms with Crippen LogP contribution in [0.25, 0.3) is 0 Å². The minimum atomic E-state index is 0.555. The minimum Gasteiger partial charge on any atom is -0.313 e. The third kappa shape index (κ3) is 4.84. The van der Waals surface area contributed by atoms with Crippen LogP contribution in [0, 0.1) is 5.41 Å². The van der Waals surface area contributed by atoms with Gasteiger partial charge in [0.05, 0.1) is 0 Å². The van der Waals surface area contributed by atoms with Crippen molar-refractivity contribution in [3.05, 3.63) is 0 Å². The Bertz CT molecular complexity index is 199. The largest absolute Gasteiger partial charge is 0.313 e. The van der Waals surface area contributed by atoms with Crippen LogP contribution in [-0.4, -0.2) is 37.1 Å². The molecule has 1 rings (SSSR count). The molecule has 0 bridgehead atoms. The highest BCUT2D eigenvalue weighted by Gasteiger charge is 2.27. The molecule has 0 aromatic heterocycles. The zero-order chi connectivity index (χ0) is 12.2. The summed E-state index contributed by atoms with van der Waals surface area (Å²) in [6.45, 7) is 11.6. The van der Waals surface area contributed by atoms with Crippen molar-refractivity contribution in [1.29, 1.82) is 0 Å². The molecule has 0 heterocycles. The monoisotopic (exact) mass is 226 g/mol. The quantitative estimate of drug-likeness (QED) is 0.775. The van der Waals surface area contributed by atoms with E-state index in [1.54, 1.807) is 0 Å². The van der Waals surface area contributed by atoms with Crippen LogP contribution in [0.15, 0.2) is 0 Å². The van der Waals surface area contributed by atoms with Crippen LogP contribution < -0.4 is 5.32 Å². The molecule has 2 heteroatoms. The Labute approximate surface area is 102 Å². The van der Waals surface area contributed by atoms with Crippen molar-refractivity contribution in [1.82, 2.24) is 10.2 Å². The molecule has 1 saturated carbocycles. The fraction of sp³-hybridized carbons (Fsp3) is 1.00. The Kier molecular flexibility index (Phi) is 5.26. The lowest BCUT2D eigenvalue weighted by Crippen LogP contribution is -2.41. The summed E-state index contributed by atoms with van der Waals surface area (Å²) < 4.78 is 0. The molecule has 0 spiro atoms. The summed E-state index contributed by atoms with van der Waals surface area (Å²) in [6.07, 6.45) is 5.51. The lowest BCUT2D eigenvalue weighted by molar-refractivity contribution is 0.191. The average molecular weight is 226 g/mol. The van der Waals surface area contributed by atoms with Crippen molar-refractivity contribution < 1.29 is 0 Å². The maximum Gasteiger partial charge on any atom is 0.0107 e. The van der Waals surface area contributed by atoms with Crippen molar-refractivity contribution in [3.8, 4) is 0 Å². The van der Waals surface area contributed by atoms with Gasteiger partial charge in [0.2, 0.25) is 0 Å². The van der Waals surface area contributed by atoms with Crippen LogP contribution in [0.1, 0.15) is 53.4 Å². The molecule has 2 nitrogen and oxygen atoms in total. The van der Waals surface area contributed by atoms with Gasteiger partial charge in [-0.05, 0) is 45.6 Å². The standard InChI is InChI=1S/C14H30N2/c1-12(2)16(5)10-9-15-13-7-6-8-14(3,4)11-13/h12-13,15H,6-11H2,1-5H3. The summed E-state index contributed by atoms with van der Waals surface area (Å²) >= 11 is 0. The second kappa shape index (κ2) is 6.02. The summed E-state index contributed by atoms with van der Waals surface area (Å²) in [5.74, 6) is 0. The van der Waals surface area contributed by atoms with Crippen LogP contribution in [0.3, 0.4) is 0 Å². The van der Waals surface area contributed by atoms with E-state index in [-0.39, 0.29) is 0 Å². The first-order valence-electron chi connectivity index (χ1n) is 6.84. The van der Waals surface area contributed by atoms with E-state index in [0.717, 1.165) is 19.1 Å². The third-order valence-corrected chi connectivity index (χ3v) is 3.98. The van der Waals surface area contributed by atoms with Gasteiger partial charge in [-0.1, -0.05) is 20.3 Å². The topological polar surface area (TPSA) is 15.3 Å². The number of nitrogens with zero attached hydrogens (tertiary/aromatic N) is 1. The molecular weight excluding hydrogens is 196 g/mol. The highest BCUT2D eigenvalue weighted by molar-refractivity contribution is 4.83. The molecule has 1 aliphatic rings. The molecule has 1 fully saturated rings. The summed E-state index contributed by atoms with van der Waals surface area (Å²) in [7, 11) is 2.21. The molecule has 0 amide bonds. The summed E-state index contributed by atoms with van der Waals surface area (Å²) in [5.41, 5.74) is 0.555. The van der Waals surface area contributed by atoms with Gasteiger partial charge in [-0.25, -0.2) is 0 Å². The number of likely N-dealkylation sites (N-methyl/N-ethyl adjacent to an activating group) is 1. The predicted molar refractivity (Wildman–Crippen MR) is 71.8 cm³/mol. The van der Waals surface area contributed by atoms with Crippen molar-refractivity contribution in [2.75, 3.05) is 20.1 Å². The molecule has 0 saturated heterocycles. The van der Waals surface area contributed by atoms with Gasteiger partial charge in [0.1, 0.15) is 0 Å². The summed E-state index contributed by atoms with van der Waals surface area (Å²) in [5, 5.41) is 3.72. The van der Waals surface area contributed by atoms with Gasteiger partial charge < -0.3 is 10.2 Å². The van der Waals surface area contributed by atoms with Gasteiger partial charge in [-0.3, -0.25) is 0 Å². The average Bonchev–Trinajstić information content (AvgIpc) is 2.15. The Morgan fingerprint density at radius 2 is 2.06 bits per heavy atom. The van der Waals surface area contributed by atoms with E-state index in [4.69, 9.17) is 0 Å². The van der Waals surface area contributed by atoms with Crippen LogP contribution >= 0.6 is 0 Å². The van der Waals surface area contributed by atoms with E-state index in [1.165, 1.54) is 25.7 Å². The molecule has 0 aromatic rings. The molecule has 96 valence electrons. The zero-order valence-corrected chi connectivity index (χ0v) is 11.8. The van der Waals surface area contributed by atoms with Crippen molar-refractivity contribution in [2.24, 2.45) is 5.41 Å². The minimum absolute atomic E-state index is 0.555. The van der Waals surface area contributed by atoms with E-state index in [1.807, 2.05) is 0 Å². The van der Waals surface area contributed by atoms with E-state index in [0.29, 0.717) is 11.5 Å². The molecule has 1 aliphatic carbocycles. The van der Waals surface area contributed by atoms with E-state index >= 15 is 0 Å². The highest BCUT2D eigenvalue weighted by Crippen LogP contribution is 2.34. The fourth-order valence-corrected chi connectivity index (χ4v) is 2.58. The van der Waals surface area contributed by atoms with E-state index in [2.05, 4.69) is 45.0 Å². The predicted octanol–water partition coefficient (Wildman–Crippen LogP) is 2.89. The first-order chi connectivity index (χ1) is 7.41. The zero-order valence-electron chi connectivity index (χ0n) is 11.8. The second-order valence-corrected chi connectivity index (χ2v) is 6.49. The van der Waals surface area contributed by atoms with Crippen LogP contribution in [-0.2, 0) is 0 Å². The number of hydrogen-bond acceptors (Lipinski definition) is 2. The second-order valence-electron chi connectivity index (χ2n) is 6.49. The molecule has 0 aliphatic heterocycles. The summed E-state index contributed by atoms with van der Waals surface area (Å²) in [6, 6.07) is 1.41. The van der Waals surface area contributed by atoms with Crippen LogP contribution in [0.2, 0.25) is 0 Å². The van der Waals surface area contributed by atoms with E-state index < -0.39 is 0 Å². The van der Waals surface area contributed by atoms with Gasteiger partial charge >= 0.3 is 0 Å². The maximum absolute atomic E-state index is 3.72. The fourth-order valence-electron chi connectivity index (χ4n) is 2.58. The number of nitrogens with one attached hydrogen (secondary N) is 1. The third-order valence-electron chi connectivity index (χ3n) is 3.98. The normalized spacial score (nSPS) is 25.3. The van der Waals surface area contributed by atoms with Crippen LogP contribution in [0.5, 0.6) is 0 Å². The number of hydrogen-bond donors (Lipinski definition) is 1. The van der Waals surface area contributed by atoms with Crippen molar-refractivity contribution >= 4 is 0 Å². The Balaban J connectivity index is 2.18. The van der Waals surface area contributed by atoms with Crippen molar-refractivity contribution in [2.45, 2.75) is 65.5 Å². The first kappa shape index (κ1) is 14.0. The van der Waals surface area contributed by atoms with Crippen LogP contribution in [0.4, 0.5) is 0 Å². The number of rotatable bonds is 5. The maximum atomic E-state index is 3.72. The van der Waals surface area contributed by atoms with Gasteiger partial charge in [-0.2, -0.15) is 0 Å². The Hall–Kier alpha value is -0.0800. The smallest absolute Gasteiger partial charge is 0.0107 e. The highest BCUT2D eigenvalue weighted by atomic mass is 15.1. The first-order valence-corrected chi connectivity index (χ1v) is 6.84. The molecule has 16 heavy (non-hydrogen) atoms. The molecule has 1 unspecified atom stereocenters. The van der Waals surface area contributed by atoms with Gasteiger partial charge in [-0.15, -0.1) is 0 Å². The molecule has 0 radical (unpaired) electrons. The molecule has 1 atom stereocenters. The molecule has 1 N–H and O–H groups in total. The lowest BCUT2D eigenvalue weighted by atomic mass is 9.75. The lowest BCUT2D eigenvalue weighted by Gasteiger charge is -2.36. The summed E-state index contributed by atoms with van der Waals surface area (Å²) in [4.78, 5) is 2.40. The molecule has 0 aromatic carbocycles. The molecular formula is C14H30N2. The Morgan fingerprint density at radius 3 is 2.62 bits per heavy atom. The Morgan fingerprint density at radius 1 is 1.38 bits per heavy atom. The van der Waals surface area contributed by atoms with Gasteiger partial charge in [0.25, 0.3) is 0 Å². The van der Waals surface area contributed by atoms with Gasteiger partial charge in [0, 0.05) is 25.2 Å². The van der Waals surface area contributed by atoms with E-state index in [9.17, 15) is 0 Å². The van der Waals surface area contributed by atoms with Gasteiger partial charge in [0.15, 0.2) is 0 Å².